The summed E-state index contributed by atoms with van der Waals surface area (Å²) in [4.78, 5) is 0. The van der Waals surface area contributed by atoms with Gasteiger partial charge in [-0.15, -0.1) is 0 Å². The summed E-state index contributed by atoms with van der Waals surface area (Å²) in [5.41, 5.74) is 1.81. The van der Waals surface area contributed by atoms with E-state index in [0.717, 1.165) is 17.8 Å². The van der Waals surface area contributed by atoms with E-state index in [9.17, 15) is 0 Å². The monoisotopic (exact) mass is 106 g/mol. The molecule has 3 atom stereocenters. The molecule has 0 heteroatoms. The van der Waals surface area contributed by atoms with Crippen molar-refractivity contribution in [3.63, 3.8) is 0 Å². The summed E-state index contributed by atoms with van der Waals surface area (Å²) in [7, 11) is 0. The molecule has 0 nitrogen and oxygen atoms in total. The Hall–Kier alpha value is -0.260. The molecule has 2 bridgehead atoms. The predicted molar refractivity (Wildman–Crippen MR) is 32.4 cm³/mol. The summed E-state index contributed by atoms with van der Waals surface area (Å²) in [5.74, 6) is 3.30. The molecule has 0 aromatic carbocycles. The van der Waals surface area contributed by atoms with Crippen molar-refractivity contribution >= 4 is 0 Å². The highest BCUT2D eigenvalue weighted by atomic mass is 14.5. The van der Waals surface area contributed by atoms with Crippen LogP contribution in [0.2, 0.25) is 0 Å². The van der Waals surface area contributed by atoms with Crippen LogP contribution in [0.1, 0.15) is 19.3 Å². The average molecular weight is 106 g/mol. The van der Waals surface area contributed by atoms with Crippen LogP contribution in [-0.2, 0) is 0 Å². The predicted octanol–water partition coefficient (Wildman–Crippen LogP) is 1.97. The van der Waals surface area contributed by atoms with Gasteiger partial charge in [0.1, 0.15) is 0 Å². The average Bonchev–Trinajstić information content (AvgIpc) is 1.82. The second kappa shape index (κ2) is 0.896. The second-order valence-electron chi connectivity index (χ2n) is 3.46. The standard InChI is InChI=1S/C8H10/c1-2-8-6-3-5(4-6)7(1)8/h3,5,7-8H,1-2,4H2. The molecule has 0 heterocycles. The summed E-state index contributed by atoms with van der Waals surface area (Å²) >= 11 is 0. The van der Waals surface area contributed by atoms with Gasteiger partial charge < -0.3 is 0 Å². The summed E-state index contributed by atoms with van der Waals surface area (Å²) < 4.78 is 0. The number of allylic oxidation sites excluding steroid dienone is 2. The second-order valence-corrected chi connectivity index (χ2v) is 3.46. The minimum absolute atomic E-state index is 1.06. The maximum absolute atomic E-state index is 2.52. The fourth-order valence-electron chi connectivity index (χ4n) is 2.56. The Labute approximate surface area is 49.6 Å². The highest BCUT2D eigenvalue weighted by Gasteiger charge is 2.49. The molecular weight excluding hydrogens is 96.1 g/mol. The smallest absolute Gasteiger partial charge is 0.0159 e. The van der Waals surface area contributed by atoms with Gasteiger partial charge in [-0.1, -0.05) is 11.6 Å². The third-order valence-electron chi connectivity index (χ3n) is 3.25. The van der Waals surface area contributed by atoms with E-state index in [2.05, 4.69) is 6.08 Å². The van der Waals surface area contributed by atoms with E-state index in [-0.39, 0.29) is 0 Å². The molecule has 8 heavy (non-hydrogen) atoms. The zero-order valence-electron chi connectivity index (χ0n) is 4.93. The molecule has 0 aromatic rings. The van der Waals surface area contributed by atoms with Crippen molar-refractivity contribution in [2.45, 2.75) is 19.3 Å². The van der Waals surface area contributed by atoms with Crippen LogP contribution in [-0.4, -0.2) is 0 Å². The molecule has 4 rings (SSSR count). The third kappa shape index (κ3) is 0.211. The Morgan fingerprint density at radius 3 is 2.50 bits per heavy atom. The van der Waals surface area contributed by atoms with E-state index in [1.165, 1.54) is 19.3 Å². The Bertz CT molecular complexity index is 167. The SMILES string of the molecule is C1=C2CC1C1CCC21. The third-order valence-corrected chi connectivity index (χ3v) is 3.25. The van der Waals surface area contributed by atoms with Gasteiger partial charge in [0.25, 0.3) is 0 Å². The Balaban J connectivity index is 2.09. The van der Waals surface area contributed by atoms with E-state index in [4.69, 9.17) is 0 Å². The van der Waals surface area contributed by atoms with Crippen LogP contribution in [0, 0.1) is 17.8 Å². The fraction of sp³-hybridized carbons (Fsp3) is 0.750. The maximum Gasteiger partial charge on any atom is -0.0159 e. The molecule has 42 valence electrons. The van der Waals surface area contributed by atoms with Crippen molar-refractivity contribution in [2.24, 2.45) is 17.8 Å². The topological polar surface area (TPSA) is 0 Å². The largest absolute Gasteiger partial charge is 0.0813 e. The normalized spacial score (nSPS) is 56.0. The Kier molecular flexibility index (Phi) is 0.415. The molecule has 0 spiro atoms. The van der Waals surface area contributed by atoms with Gasteiger partial charge in [0.15, 0.2) is 0 Å². The van der Waals surface area contributed by atoms with Crippen LogP contribution in [0.5, 0.6) is 0 Å². The van der Waals surface area contributed by atoms with Gasteiger partial charge in [-0.25, -0.2) is 0 Å². The quantitative estimate of drug-likeness (QED) is 0.414. The molecule has 4 aliphatic rings. The van der Waals surface area contributed by atoms with Gasteiger partial charge >= 0.3 is 0 Å². The Morgan fingerprint density at radius 2 is 2.25 bits per heavy atom. The number of hydrogen-bond acceptors (Lipinski definition) is 0. The molecule has 2 fully saturated rings. The van der Waals surface area contributed by atoms with E-state index in [1.807, 2.05) is 5.57 Å². The van der Waals surface area contributed by atoms with Crippen molar-refractivity contribution in [3.8, 4) is 0 Å². The van der Waals surface area contributed by atoms with Crippen molar-refractivity contribution in [1.29, 1.82) is 0 Å². The summed E-state index contributed by atoms with van der Waals surface area (Å²) in [6.07, 6.45) is 7.06. The first-order valence-electron chi connectivity index (χ1n) is 3.66. The van der Waals surface area contributed by atoms with Crippen molar-refractivity contribution < 1.29 is 0 Å². The zero-order valence-corrected chi connectivity index (χ0v) is 4.93. The summed E-state index contributed by atoms with van der Waals surface area (Å²) in [6.45, 7) is 0. The van der Waals surface area contributed by atoms with Crippen LogP contribution in [0.3, 0.4) is 0 Å². The maximum atomic E-state index is 2.52. The summed E-state index contributed by atoms with van der Waals surface area (Å²) in [6, 6.07) is 0. The first kappa shape index (κ1) is 3.71. The van der Waals surface area contributed by atoms with Crippen LogP contribution in [0.15, 0.2) is 11.6 Å². The van der Waals surface area contributed by atoms with Gasteiger partial charge in [0.2, 0.25) is 0 Å². The van der Waals surface area contributed by atoms with Crippen LogP contribution in [0.25, 0.3) is 0 Å². The van der Waals surface area contributed by atoms with E-state index < -0.39 is 0 Å². The number of rotatable bonds is 0. The van der Waals surface area contributed by atoms with E-state index >= 15 is 0 Å². The molecule has 2 saturated carbocycles. The molecule has 0 radical (unpaired) electrons. The minimum Gasteiger partial charge on any atom is -0.0813 e. The molecule has 3 unspecified atom stereocenters. The first-order valence-corrected chi connectivity index (χ1v) is 3.66. The van der Waals surface area contributed by atoms with E-state index in [0.29, 0.717) is 0 Å². The summed E-state index contributed by atoms with van der Waals surface area (Å²) in [5, 5.41) is 0. The molecule has 0 amide bonds. The molecule has 0 saturated heterocycles. The van der Waals surface area contributed by atoms with Gasteiger partial charge in [-0.3, -0.25) is 0 Å². The lowest BCUT2D eigenvalue weighted by molar-refractivity contribution is 0.229. The lowest BCUT2D eigenvalue weighted by Crippen LogP contribution is -2.20. The zero-order chi connectivity index (χ0) is 5.14. The Morgan fingerprint density at radius 1 is 1.38 bits per heavy atom. The van der Waals surface area contributed by atoms with Gasteiger partial charge in [-0.05, 0) is 37.0 Å². The molecule has 0 aromatic heterocycles. The van der Waals surface area contributed by atoms with E-state index in [1.54, 1.807) is 0 Å². The lowest BCUT2D eigenvalue weighted by Gasteiger charge is -2.28. The molecule has 4 aliphatic carbocycles. The molecule has 0 aliphatic heterocycles. The van der Waals surface area contributed by atoms with Crippen molar-refractivity contribution in [1.82, 2.24) is 0 Å². The fourth-order valence-corrected chi connectivity index (χ4v) is 2.56. The van der Waals surface area contributed by atoms with Crippen molar-refractivity contribution in [3.05, 3.63) is 11.6 Å². The number of hydrogen-bond donors (Lipinski definition) is 0. The van der Waals surface area contributed by atoms with Crippen LogP contribution in [0.4, 0.5) is 0 Å². The molecular formula is C8H10. The van der Waals surface area contributed by atoms with Gasteiger partial charge in [0, 0.05) is 0 Å². The van der Waals surface area contributed by atoms with Crippen LogP contribution < -0.4 is 0 Å². The van der Waals surface area contributed by atoms with Crippen LogP contribution >= 0.6 is 0 Å². The lowest BCUT2D eigenvalue weighted by atomic mass is 9.76. The first-order chi connectivity index (χ1) is 3.95. The van der Waals surface area contributed by atoms with Gasteiger partial charge in [0.05, 0.1) is 0 Å². The highest BCUT2D eigenvalue weighted by Crippen LogP contribution is 2.60. The van der Waals surface area contributed by atoms with Gasteiger partial charge in [-0.2, -0.15) is 0 Å². The minimum atomic E-state index is 1.06. The highest BCUT2D eigenvalue weighted by molar-refractivity contribution is 5.32. The van der Waals surface area contributed by atoms with Crippen molar-refractivity contribution in [2.75, 3.05) is 0 Å². The molecule has 0 N–H and O–H groups in total.